The van der Waals surface area contributed by atoms with Crippen molar-refractivity contribution in [1.29, 1.82) is 0 Å². The first-order valence-corrected chi connectivity index (χ1v) is 5.65. The van der Waals surface area contributed by atoms with Crippen LogP contribution < -0.4 is 0 Å². The largest absolute Gasteiger partial charge is 0.392 e. The molecule has 2 rings (SSSR count). The van der Waals surface area contributed by atoms with Gasteiger partial charge in [0.2, 0.25) is 0 Å². The summed E-state index contributed by atoms with van der Waals surface area (Å²) in [6.45, 7) is 4.16. The first-order chi connectivity index (χ1) is 6.70. The van der Waals surface area contributed by atoms with Gasteiger partial charge in [0.25, 0.3) is 0 Å². The summed E-state index contributed by atoms with van der Waals surface area (Å²) in [7, 11) is 1.79. The lowest BCUT2D eigenvalue weighted by Crippen LogP contribution is -2.54. The van der Waals surface area contributed by atoms with Gasteiger partial charge in [-0.15, -0.1) is 0 Å². The van der Waals surface area contributed by atoms with E-state index >= 15 is 0 Å². The van der Waals surface area contributed by atoms with E-state index in [1.807, 2.05) is 0 Å². The minimum absolute atomic E-state index is 0.120. The van der Waals surface area contributed by atoms with Crippen LogP contribution in [0.15, 0.2) is 0 Å². The van der Waals surface area contributed by atoms with Crippen LogP contribution in [-0.2, 0) is 4.74 Å². The molecule has 0 aromatic rings. The Kier molecular flexibility index (Phi) is 3.10. The van der Waals surface area contributed by atoms with Crippen molar-refractivity contribution in [2.75, 3.05) is 20.2 Å². The maximum Gasteiger partial charge on any atom is 0.0693 e. The summed E-state index contributed by atoms with van der Waals surface area (Å²) in [4.78, 5) is 2.43. The second kappa shape index (κ2) is 4.17. The van der Waals surface area contributed by atoms with Gasteiger partial charge in [-0.2, -0.15) is 0 Å². The number of β-amino-alcohol motifs (C(OH)–C–C–N with tert-alkyl or cyclic N) is 1. The molecule has 0 spiro atoms. The Hall–Kier alpha value is -0.120. The summed E-state index contributed by atoms with van der Waals surface area (Å²) in [5.74, 6) is 0.476. The van der Waals surface area contributed by atoms with Crippen molar-refractivity contribution >= 4 is 0 Å². The highest BCUT2D eigenvalue weighted by molar-refractivity contribution is 4.91. The molecule has 1 heterocycles. The average molecular weight is 199 g/mol. The van der Waals surface area contributed by atoms with E-state index in [9.17, 15) is 5.11 Å². The van der Waals surface area contributed by atoms with E-state index in [1.165, 1.54) is 0 Å². The van der Waals surface area contributed by atoms with Gasteiger partial charge in [-0.1, -0.05) is 6.92 Å². The molecule has 2 atom stereocenters. The lowest BCUT2D eigenvalue weighted by molar-refractivity contribution is -0.0615. The summed E-state index contributed by atoms with van der Waals surface area (Å²) < 4.78 is 5.27. The van der Waals surface area contributed by atoms with Gasteiger partial charge in [0.05, 0.1) is 12.2 Å². The zero-order valence-corrected chi connectivity index (χ0v) is 9.15. The minimum Gasteiger partial charge on any atom is -0.392 e. The maximum absolute atomic E-state index is 9.77. The standard InChI is InChI=1S/C11H21NO2/c1-8-3-4-12(7-11(8)13)9-5-10(6-9)14-2/h8-11,13H,3-7H2,1-2H3/t8-,9?,10?,11+/m1/s1. The molecule has 2 fully saturated rings. The quantitative estimate of drug-likeness (QED) is 0.716. The lowest BCUT2D eigenvalue weighted by atomic mass is 9.85. The summed E-state index contributed by atoms with van der Waals surface area (Å²) in [5, 5.41) is 9.77. The lowest BCUT2D eigenvalue weighted by Gasteiger charge is -2.46. The van der Waals surface area contributed by atoms with E-state index in [0.717, 1.165) is 32.4 Å². The molecule has 0 bridgehead atoms. The number of aliphatic hydroxyl groups is 1. The first-order valence-electron chi connectivity index (χ1n) is 5.65. The Bertz CT molecular complexity index is 192. The van der Waals surface area contributed by atoms with E-state index in [0.29, 0.717) is 18.1 Å². The number of methoxy groups -OCH3 is 1. The third-order valence-electron chi connectivity index (χ3n) is 3.87. The Labute approximate surface area is 86.0 Å². The fraction of sp³-hybridized carbons (Fsp3) is 1.00. The summed E-state index contributed by atoms with van der Waals surface area (Å²) in [5.41, 5.74) is 0. The average Bonchev–Trinajstić information content (AvgIpc) is 2.09. The Morgan fingerprint density at radius 1 is 1.36 bits per heavy atom. The fourth-order valence-electron chi connectivity index (χ4n) is 2.43. The number of aliphatic hydroxyl groups excluding tert-OH is 1. The zero-order chi connectivity index (χ0) is 10.1. The molecule has 3 heteroatoms. The van der Waals surface area contributed by atoms with E-state index < -0.39 is 0 Å². The van der Waals surface area contributed by atoms with E-state index in [4.69, 9.17) is 4.74 Å². The first kappa shape index (κ1) is 10.4. The molecule has 82 valence electrons. The maximum atomic E-state index is 9.77. The number of ether oxygens (including phenoxy) is 1. The van der Waals surface area contributed by atoms with Gasteiger partial charge in [-0.25, -0.2) is 0 Å². The SMILES string of the molecule is COC1CC(N2CC[C@@H](C)[C@@H](O)C2)C1. The molecule has 0 aromatic carbocycles. The molecule has 1 saturated carbocycles. The van der Waals surface area contributed by atoms with E-state index in [1.54, 1.807) is 7.11 Å². The van der Waals surface area contributed by atoms with Crippen LogP contribution in [0.3, 0.4) is 0 Å². The smallest absolute Gasteiger partial charge is 0.0693 e. The summed E-state index contributed by atoms with van der Waals surface area (Å²) >= 11 is 0. The molecular weight excluding hydrogens is 178 g/mol. The van der Waals surface area contributed by atoms with Crippen LogP contribution >= 0.6 is 0 Å². The molecule has 0 unspecified atom stereocenters. The van der Waals surface area contributed by atoms with Crippen LogP contribution in [0.25, 0.3) is 0 Å². The molecule has 1 N–H and O–H groups in total. The van der Waals surface area contributed by atoms with Crippen LogP contribution in [-0.4, -0.2) is 48.5 Å². The number of rotatable bonds is 2. The van der Waals surface area contributed by atoms with Gasteiger partial charge in [-0.3, -0.25) is 4.90 Å². The van der Waals surface area contributed by atoms with Crippen molar-refractivity contribution in [3.05, 3.63) is 0 Å². The van der Waals surface area contributed by atoms with Crippen LogP contribution in [0.4, 0.5) is 0 Å². The molecule has 0 radical (unpaired) electrons. The number of piperidine rings is 1. The molecule has 14 heavy (non-hydrogen) atoms. The molecular formula is C11H21NO2. The van der Waals surface area contributed by atoms with Crippen molar-refractivity contribution in [2.45, 2.75) is 44.4 Å². The van der Waals surface area contributed by atoms with Crippen LogP contribution in [0.5, 0.6) is 0 Å². The molecule has 2 aliphatic rings. The molecule has 0 aromatic heterocycles. The molecule has 0 amide bonds. The number of nitrogens with zero attached hydrogens (tertiary/aromatic N) is 1. The third kappa shape index (κ3) is 1.95. The summed E-state index contributed by atoms with van der Waals surface area (Å²) in [6, 6.07) is 0.669. The van der Waals surface area contributed by atoms with E-state index in [2.05, 4.69) is 11.8 Å². The molecule has 1 aliphatic heterocycles. The van der Waals surface area contributed by atoms with Crippen molar-refractivity contribution < 1.29 is 9.84 Å². The second-order valence-corrected chi connectivity index (χ2v) is 4.81. The predicted molar refractivity (Wildman–Crippen MR) is 55.2 cm³/mol. The highest BCUT2D eigenvalue weighted by atomic mass is 16.5. The van der Waals surface area contributed by atoms with Crippen LogP contribution in [0.2, 0.25) is 0 Å². The van der Waals surface area contributed by atoms with Crippen LogP contribution in [0.1, 0.15) is 26.2 Å². The normalized spacial score (nSPS) is 44.8. The highest BCUT2D eigenvalue weighted by Gasteiger charge is 2.36. The Morgan fingerprint density at radius 3 is 2.64 bits per heavy atom. The monoisotopic (exact) mass is 199 g/mol. The number of likely N-dealkylation sites (tertiary alicyclic amines) is 1. The van der Waals surface area contributed by atoms with E-state index in [-0.39, 0.29) is 6.10 Å². The van der Waals surface area contributed by atoms with Crippen molar-refractivity contribution in [1.82, 2.24) is 4.90 Å². The van der Waals surface area contributed by atoms with Crippen molar-refractivity contribution in [3.8, 4) is 0 Å². The van der Waals surface area contributed by atoms with Gasteiger partial charge in [0.1, 0.15) is 0 Å². The minimum atomic E-state index is -0.120. The van der Waals surface area contributed by atoms with Gasteiger partial charge in [-0.05, 0) is 31.7 Å². The topological polar surface area (TPSA) is 32.7 Å². The van der Waals surface area contributed by atoms with Gasteiger partial charge in [0.15, 0.2) is 0 Å². The highest BCUT2D eigenvalue weighted by Crippen LogP contribution is 2.30. The van der Waals surface area contributed by atoms with Crippen molar-refractivity contribution in [2.24, 2.45) is 5.92 Å². The van der Waals surface area contributed by atoms with Crippen molar-refractivity contribution in [3.63, 3.8) is 0 Å². The van der Waals surface area contributed by atoms with Gasteiger partial charge in [0, 0.05) is 19.7 Å². The molecule has 3 nitrogen and oxygen atoms in total. The Morgan fingerprint density at radius 2 is 2.07 bits per heavy atom. The predicted octanol–water partition coefficient (Wildman–Crippen LogP) is 0.866. The second-order valence-electron chi connectivity index (χ2n) is 4.81. The number of hydrogen-bond donors (Lipinski definition) is 1. The van der Waals surface area contributed by atoms with Gasteiger partial charge < -0.3 is 9.84 Å². The number of hydrogen-bond acceptors (Lipinski definition) is 3. The zero-order valence-electron chi connectivity index (χ0n) is 9.15. The third-order valence-corrected chi connectivity index (χ3v) is 3.87. The Balaban J connectivity index is 1.78. The molecule has 1 aliphatic carbocycles. The molecule has 1 saturated heterocycles. The fourth-order valence-corrected chi connectivity index (χ4v) is 2.43. The van der Waals surface area contributed by atoms with Crippen LogP contribution in [0, 0.1) is 5.92 Å². The summed E-state index contributed by atoms with van der Waals surface area (Å²) in [6.07, 6.45) is 3.78. The van der Waals surface area contributed by atoms with Gasteiger partial charge >= 0.3 is 0 Å².